The van der Waals surface area contributed by atoms with Gasteiger partial charge in [0.05, 0.1) is 5.69 Å². The fraction of sp³-hybridized carbons (Fsp3) is 0.0526. The number of para-hydroxylation sites is 1. The van der Waals surface area contributed by atoms with E-state index < -0.39 is 0 Å². The number of pyridine rings is 1. The molecule has 2 aromatic carbocycles. The van der Waals surface area contributed by atoms with Crippen LogP contribution in [-0.2, 0) is 4.79 Å². The molecule has 2 heterocycles. The lowest BCUT2D eigenvalue weighted by Crippen LogP contribution is -2.11. The van der Waals surface area contributed by atoms with Crippen molar-refractivity contribution in [1.29, 1.82) is 0 Å². The Bertz CT molecular complexity index is 1010. The molecule has 0 bridgehead atoms. The number of aromatic hydroxyl groups is 1. The molecule has 1 aliphatic heterocycles. The first kappa shape index (κ1) is 14.3. The van der Waals surface area contributed by atoms with Crippen LogP contribution < -0.4 is 10.6 Å². The minimum absolute atomic E-state index is 0.110. The number of hydrogen-bond acceptors (Lipinski definition) is 4. The quantitative estimate of drug-likeness (QED) is 0.492. The third-order valence-corrected chi connectivity index (χ3v) is 4.05. The van der Waals surface area contributed by atoms with Gasteiger partial charge in [0.25, 0.3) is 0 Å². The Morgan fingerprint density at radius 3 is 2.92 bits per heavy atom. The number of aromatic nitrogens is 1. The van der Waals surface area contributed by atoms with Crippen LogP contribution in [0.15, 0.2) is 48.8 Å². The predicted molar refractivity (Wildman–Crippen MR) is 95.0 cm³/mol. The summed E-state index contributed by atoms with van der Waals surface area (Å²) < 4.78 is 0. The Morgan fingerprint density at radius 2 is 2.08 bits per heavy atom. The molecule has 24 heavy (non-hydrogen) atoms. The summed E-state index contributed by atoms with van der Waals surface area (Å²) in [6.07, 6.45) is 5.03. The molecule has 0 aliphatic carbocycles. The molecule has 3 aromatic rings. The van der Waals surface area contributed by atoms with Gasteiger partial charge in [-0.25, -0.2) is 0 Å². The maximum atomic E-state index is 11.1. The first-order chi connectivity index (χ1) is 11.6. The molecule has 3 N–H and O–H groups in total. The molecule has 118 valence electrons. The highest BCUT2D eigenvalue weighted by atomic mass is 16.3. The van der Waals surface area contributed by atoms with Crippen LogP contribution >= 0.6 is 0 Å². The number of amides is 1. The summed E-state index contributed by atoms with van der Waals surface area (Å²) in [5, 5.41) is 17.3. The van der Waals surface area contributed by atoms with Crippen LogP contribution in [0, 0.1) is 0 Å². The molecule has 5 nitrogen and oxygen atoms in total. The molecule has 0 radical (unpaired) electrons. The van der Waals surface area contributed by atoms with E-state index in [0.717, 1.165) is 33.5 Å². The number of benzene rings is 2. The molecular formula is C19H15N3O2. The molecule has 0 fully saturated rings. The monoisotopic (exact) mass is 317 g/mol. The summed E-state index contributed by atoms with van der Waals surface area (Å²) in [7, 11) is 0. The third-order valence-electron chi connectivity index (χ3n) is 4.05. The van der Waals surface area contributed by atoms with Gasteiger partial charge in [0.1, 0.15) is 11.3 Å². The molecule has 0 unspecified atom stereocenters. The van der Waals surface area contributed by atoms with Crippen LogP contribution in [0.25, 0.3) is 28.1 Å². The largest absolute Gasteiger partial charge is 0.506 e. The highest BCUT2D eigenvalue weighted by Crippen LogP contribution is 2.46. The molecule has 0 atom stereocenters. The molecular weight excluding hydrogens is 302 g/mol. The normalized spacial score (nSPS) is 12.0. The average Bonchev–Trinajstić information content (AvgIpc) is 2.58. The van der Waals surface area contributed by atoms with Gasteiger partial charge >= 0.3 is 0 Å². The van der Waals surface area contributed by atoms with Gasteiger partial charge in [-0.1, -0.05) is 18.2 Å². The molecule has 1 aliphatic rings. The van der Waals surface area contributed by atoms with Gasteiger partial charge in [0.15, 0.2) is 0 Å². The minimum atomic E-state index is -0.148. The number of carbonyl (C=O) groups is 1. The van der Waals surface area contributed by atoms with E-state index >= 15 is 0 Å². The minimum Gasteiger partial charge on any atom is -0.506 e. The third kappa shape index (κ3) is 2.18. The Hall–Kier alpha value is -3.34. The predicted octanol–water partition coefficient (Wildman–Crippen LogP) is 3.77. The van der Waals surface area contributed by atoms with Crippen molar-refractivity contribution in [2.45, 2.75) is 6.92 Å². The van der Waals surface area contributed by atoms with Crippen molar-refractivity contribution in [3.63, 3.8) is 0 Å². The number of carbonyl (C=O) groups excluding carboxylic acids is 1. The number of phenolic OH excluding ortho intramolecular Hbond substituents is 1. The lowest BCUT2D eigenvalue weighted by Gasteiger charge is -2.24. The van der Waals surface area contributed by atoms with E-state index in [-0.39, 0.29) is 11.7 Å². The van der Waals surface area contributed by atoms with Crippen molar-refractivity contribution in [1.82, 2.24) is 10.3 Å². The topological polar surface area (TPSA) is 74.2 Å². The van der Waals surface area contributed by atoms with Crippen LogP contribution in [0.3, 0.4) is 0 Å². The van der Waals surface area contributed by atoms with Crippen LogP contribution in [-0.4, -0.2) is 16.0 Å². The lowest BCUT2D eigenvalue weighted by molar-refractivity contribution is -0.118. The number of fused-ring (bicyclic) bond motifs is 2. The highest BCUT2D eigenvalue weighted by Gasteiger charge is 2.21. The van der Waals surface area contributed by atoms with E-state index in [2.05, 4.69) is 15.6 Å². The van der Waals surface area contributed by atoms with Gasteiger partial charge in [0.2, 0.25) is 5.91 Å². The Balaban J connectivity index is 2.00. The van der Waals surface area contributed by atoms with Crippen LogP contribution in [0.1, 0.15) is 12.5 Å². The van der Waals surface area contributed by atoms with Gasteiger partial charge < -0.3 is 15.7 Å². The van der Waals surface area contributed by atoms with E-state index in [1.165, 1.54) is 6.92 Å². The SMILES string of the molecule is CC(=O)NC=Cc1cc(O)c2nccc3c2c1Nc1ccccc1-3. The lowest BCUT2D eigenvalue weighted by atomic mass is 9.92. The van der Waals surface area contributed by atoms with Crippen LogP contribution in [0.4, 0.5) is 11.4 Å². The zero-order valence-electron chi connectivity index (χ0n) is 13.0. The fourth-order valence-electron chi connectivity index (χ4n) is 3.04. The molecule has 0 saturated heterocycles. The first-order valence-corrected chi connectivity index (χ1v) is 7.60. The standard InChI is InChI=1S/C19H15N3O2/c1-11(23)20-8-6-12-10-16(24)19-17-14(7-9-21-19)13-4-2-3-5-15(13)22-18(12)17/h2-10,22,24H,1H3,(H,20,23). The second-order valence-corrected chi connectivity index (χ2v) is 5.65. The van der Waals surface area contributed by atoms with Gasteiger partial charge in [-0.05, 0) is 29.8 Å². The molecule has 4 rings (SSSR count). The van der Waals surface area contributed by atoms with Gasteiger partial charge in [-0.2, -0.15) is 0 Å². The van der Waals surface area contributed by atoms with E-state index in [1.54, 1.807) is 24.5 Å². The second-order valence-electron chi connectivity index (χ2n) is 5.65. The smallest absolute Gasteiger partial charge is 0.220 e. The molecule has 5 heteroatoms. The number of anilines is 2. The Morgan fingerprint density at radius 1 is 1.25 bits per heavy atom. The summed E-state index contributed by atoms with van der Waals surface area (Å²) >= 11 is 0. The molecule has 1 aromatic heterocycles. The molecule has 0 saturated carbocycles. The number of phenols is 1. The van der Waals surface area contributed by atoms with Gasteiger partial charge in [-0.15, -0.1) is 0 Å². The van der Waals surface area contributed by atoms with Crippen LogP contribution in [0.5, 0.6) is 5.75 Å². The van der Waals surface area contributed by atoms with Crippen molar-refractivity contribution in [3.05, 3.63) is 54.4 Å². The number of rotatable bonds is 2. The van der Waals surface area contributed by atoms with Crippen molar-refractivity contribution in [3.8, 4) is 16.9 Å². The van der Waals surface area contributed by atoms with E-state index in [0.29, 0.717) is 5.52 Å². The summed E-state index contributed by atoms with van der Waals surface area (Å²) in [4.78, 5) is 15.4. The number of nitrogens with zero attached hydrogens (tertiary/aromatic N) is 1. The van der Waals surface area contributed by atoms with Gasteiger partial charge in [-0.3, -0.25) is 9.78 Å². The van der Waals surface area contributed by atoms with E-state index in [4.69, 9.17) is 0 Å². The second kappa shape index (κ2) is 5.38. The van der Waals surface area contributed by atoms with Crippen molar-refractivity contribution < 1.29 is 9.90 Å². The maximum absolute atomic E-state index is 11.1. The number of nitrogens with one attached hydrogen (secondary N) is 2. The zero-order valence-corrected chi connectivity index (χ0v) is 13.0. The molecule has 1 amide bonds. The Kier molecular flexibility index (Phi) is 3.20. The molecule has 0 spiro atoms. The Labute approximate surface area is 138 Å². The first-order valence-electron chi connectivity index (χ1n) is 7.60. The van der Waals surface area contributed by atoms with Crippen molar-refractivity contribution >= 4 is 34.3 Å². The van der Waals surface area contributed by atoms with Crippen molar-refractivity contribution in [2.75, 3.05) is 5.32 Å². The summed E-state index contributed by atoms with van der Waals surface area (Å²) in [5.41, 5.74) is 5.29. The van der Waals surface area contributed by atoms with Crippen LogP contribution in [0.2, 0.25) is 0 Å². The van der Waals surface area contributed by atoms with E-state index in [1.807, 2.05) is 30.3 Å². The van der Waals surface area contributed by atoms with Gasteiger partial charge in [0, 0.05) is 41.5 Å². The summed E-state index contributed by atoms with van der Waals surface area (Å²) in [5.74, 6) is -0.0372. The number of hydrogen-bond donors (Lipinski definition) is 3. The van der Waals surface area contributed by atoms with E-state index in [9.17, 15) is 9.90 Å². The maximum Gasteiger partial charge on any atom is 0.220 e. The fourth-order valence-corrected chi connectivity index (χ4v) is 3.04. The van der Waals surface area contributed by atoms with Crippen molar-refractivity contribution in [2.24, 2.45) is 0 Å². The zero-order chi connectivity index (χ0) is 16.7. The average molecular weight is 317 g/mol. The summed E-state index contributed by atoms with van der Waals surface area (Å²) in [6.45, 7) is 1.45. The summed E-state index contributed by atoms with van der Waals surface area (Å²) in [6, 6.07) is 11.6. The highest BCUT2D eigenvalue weighted by molar-refractivity contribution is 6.13.